The molecule has 0 amide bonds. The van der Waals surface area contributed by atoms with Crippen molar-refractivity contribution >= 4 is 28.3 Å². The first kappa shape index (κ1) is 13.8. The van der Waals surface area contributed by atoms with Crippen LogP contribution in [0.5, 0.6) is 5.75 Å². The zero-order valence-corrected chi connectivity index (χ0v) is 12.6. The third-order valence-corrected chi connectivity index (χ3v) is 3.77. The maximum atomic E-state index is 9.58. The molecule has 4 nitrogen and oxygen atoms in total. The van der Waals surface area contributed by atoms with Crippen molar-refractivity contribution in [1.29, 1.82) is 0 Å². The first-order chi connectivity index (χ1) is 9.99. The Balaban J connectivity index is 2.34. The molecule has 2 aromatic carbocycles. The highest BCUT2D eigenvalue weighted by molar-refractivity contribution is 6.35. The molecule has 0 saturated carbocycles. The second kappa shape index (κ2) is 4.97. The largest absolute Gasteiger partial charge is 0.506 e. The number of phenolic OH excluding ortho intramolecular Hbond substituents is 1. The van der Waals surface area contributed by atoms with E-state index in [0.717, 1.165) is 22.4 Å². The highest BCUT2D eigenvalue weighted by Gasteiger charge is 2.17. The molecule has 5 heteroatoms. The number of halogens is 1. The molecule has 3 rings (SSSR count). The number of benzene rings is 2. The Morgan fingerprint density at radius 2 is 2.00 bits per heavy atom. The molecule has 0 radical (unpaired) electrons. The molecule has 108 valence electrons. The monoisotopic (exact) mass is 301 g/mol. The highest BCUT2D eigenvalue weighted by atomic mass is 35.5. The van der Waals surface area contributed by atoms with Crippen LogP contribution >= 0.6 is 11.6 Å². The average molecular weight is 302 g/mol. The van der Waals surface area contributed by atoms with Gasteiger partial charge in [-0.1, -0.05) is 17.7 Å². The summed E-state index contributed by atoms with van der Waals surface area (Å²) in [5.41, 5.74) is 8.74. The van der Waals surface area contributed by atoms with E-state index in [2.05, 4.69) is 23.4 Å². The van der Waals surface area contributed by atoms with Crippen molar-refractivity contribution in [3.63, 3.8) is 0 Å². The zero-order valence-electron chi connectivity index (χ0n) is 11.8. The SMILES string of the molecule is CC(C)n1c(-c2ccc(O)c(N)c2)nc2cccc(Cl)c21. The molecular weight excluding hydrogens is 286 g/mol. The van der Waals surface area contributed by atoms with Crippen LogP contribution in [0.15, 0.2) is 36.4 Å². The van der Waals surface area contributed by atoms with Crippen LogP contribution in [-0.2, 0) is 0 Å². The molecule has 3 aromatic rings. The molecule has 0 saturated heterocycles. The molecular formula is C16H16ClN3O. The Hall–Kier alpha value is -2.20. The van der Waals surface area contributed by atoms with E-state index >= 15 is 0 Å². The number of nitrogen functional groups attached to an aromatic ring is 1. The van der Waals surface area contributed by atoms with Gasteiger partial charge in [-0.2, -0.15) is 0 Å². The Labute approximate surface area is 127 Å². The minimum absolute atomic E-state index is 0.0731. The number of anilines is 1. The fourth-order valence-corrected chi connectivity index (χ4v) is 2.77. The molecule has 0 fully saturated rings. The van der Waals surface area contributed by atoms with Gasteiger partial charge in [0.25, 0.3) is 0 Å². The number of nitrogens with two attached hydrogens (primary N) is 1. The molecule has 0 atom stereocenters. The number of hydrogen-bond acceptors (Lipinski definition) is 3. The van der Waals surface area contributed by atoms with Gasteiger partial charge in [0.1, 0.15) is 11.6 Å². The van der Waals surface area contributed by atoms with Crippen LogP contribution in [0.25, 0.3) is 22.4 Å². The van der Waals surface area contributed by atoms with Crippen molar-refractivity contribution in [2.45, 2.75) is 19.9 Å². The standard InChI is InChI=1S/C16H16ClN3O/c1-9(2)20-15-11(17)4-3-5-13(15)19-16(20)10-6-7-14(21)12(18)8-10/h3-9,21H,18H2,1-2H3. The summed E-state index contributed by atoms with van der Waals surface area (Å²) in [6.45, 7) is 4.16. The molecule has 0 aliphatic rings. The average Bonchev–Trinajstić information content (AvgIpc) is 2.83. The molecule has 0 aliphatic carbocycles. The van der Waals surface area contributed by atoms with E-state index in [4.69, 9.17) is 17.3 Å². The van der Waals surface area contributed by atoms with E-state index in [9.17, 15) is 5.11 Å². The molecule has 21 heavy (non-hydrogen) atoms. The van der Waals surface area contributed by atoms with Gasteiger partial charge >= 0.3 is 0 Å². The highest BCUT2D eigenvalue weighted by Crippen LogP contribution is 2.34. The summed E-state index contributed by atoms with van der Waals surface area (Å²) < 4.78 is 2.09. The Morgan fingerprint density at radius 1 is 1.24 bits per heavy atom. The molecule has 3 N–H and O–H groups in total. The van der Waals surface area contributed by atoms with Crippen molar-refractivity contribution in [2.75, 3.05) is 5.73 Å². The van der Waals surface area contributed by atoms with Crippen LogP contribution in [0.1, 0.15) is 19.9 Å². The number of rotatable bonds is 2. The summed E-state index contributed by atoms with van der Waals surface area (Å²) in [6, 6.07) is 11.0. The van der Waals surface area contributed by atoms with E-state index in [0.29, 0.717) is 10.7 Å². The minimum atomic E-state index is 0.0731. The lowest BCUT2D eigenvalue weighted by Crippen LogP contribution is -2.03. The van der Waals surface area contributed by atoms with Gasteiger partial charge in [-0.25, -0.2) is 4.98 Å². The lowest BCUT2D eigenvalue weighted by Gasteiger charge is -2.14. The maximum absolute atomic E-state index is 9.58. The maximum Gasteiger partial charge on any atom is 0.141 e. The van der Waals surface area contributed by atoms with Crippen LogP contribution < -0.4 is 5.73 Å². The van der Waals surface area contributed by atoms with E-state index in [1.165, 1.54) is 0 Å². The summed E-state index contributed by atoms with van der Waals surface area (Å²) >= 11 is 6.34. The minimum Gasteiger partial charge on any atom is -0.506 e. The molecule has 0 spiro atoms. The van der Waals surface area contributed by atoms with Crippen LogP contribution in [0.3, 0.4) is 0 Å². The summed E-state index contributed by atoms with van der Waals surface area (Å²) in [7, 11) is 0. The number of aromatic nitrogens is 2. The van der Waals surface area contributed by atoms with Crippen molar-refractivity contribution in [2.24, 2.45) is 0 Å². The number of nitrogens with zero attached hydrogens (tertiary/aromatic N) is 2. The predicted octanol–water partition coefficient (Wildman–Crippen LogP) is 4.23. The van der Waals surface area contributed by atoms with Crippen LogP contribution in [0.4, 0.5) is 5.69 Å². The van der Waals surface area contributed by atoms with Gasteiger partial charge in [-0.05, 0) is 44.2 Å². The Bertz CT molecular complexity index is 824. The van der Waals surface area contributed by atoms with Crippen molar-refractivity contribution in [1.82, 2.24) is 9.55 Å². The van der Waals surface area contributed by atoms with E-state index in [1.54, 1.807) is 18.2 Å². The smallest absolute Gasteiger partial charge is 0.141 e. The fraction of sp³-hybridized carbons (Fsp3) is 0.188. The van der Waals surface area contributed by atoms with Crippen LogP contribution in [0, 0.1) is 0 Å². The molecule has 1 heterocycles. The van der Waals surface area contributed by atoms with Crippen molar-refractivity contribution in [3.05, 3.63) is 41.4 Å². The number of phenols is 1. The molecule has 0 bridgehead atoms. The van der Waals surface area contributed by atoms with Crippen LogP contribution in [0.2, 0.25) is 5.02 Å². The number of fused-ring (bicyclic) bond motifs is 1. The zero-order chi connectivity index (χ0) is 15.1. The fourth-order valence-electron chi connectivity index (χ4n) is 2.51. The van der Waals surface area contributed by atoms with E-state index in [1.807, 2.05) is 18.2 Å². The van der Waals surface area contributed by atoms with E-state index < -0.39 is 0 Å². The number of para-hydroxylation sites is 1. The lowest BCUT2D eigenvalue weighted by atomic mass is 10.1. The van der Waals surface area contributed by atoms with Gasteiger partial charge in [0, 0.05) is 11.6 Å². The third-order valence-electron chi connectivity index (χ3n) is 3.46. The van der Waals surface area contributed by atoms with Crippen LogP contribution in [-0.4, -0.2) is 14.7 Å². The van der Waals surface area contributed by atoms with Gasteiger partial charge < -0.3 is 15.4 Å². The number of hydrogen-bond donors (Lipinski definition) is 2. The Morgan fingerprint density at radius 3 is 2.67 bits per heavy atom. The summed E-state index contributed by atoms with van der Waals surface area (Å²) in [6.07, 6.45) is 0. The normalized spacial score (nSPS) is 11.4. The summed E-state index contributed by atoms with van der Waals surface area (Å²) in [5, 5.41) is 10.3. The topological polar surface area (TPSA) is 64.1 Å². The van der Waals surface area contributed by atoms with E-state index in [-0.39, 0.29) is 11.8 Å². The van der Waals surface area contributed by atoms with Crippen molar-refractivity contribution < 1.29 is 5.11 Å². The molecule has 0 aliphatic heterocycles. The third kappa shape index (κ3) is 2.21. The van der Waals surface area contributed by atoms with Gasteiger partial charge in [0.15, 0.2) is 0 Å². The van der Waals surface area contributed by atoms with Gasteiger partial charge in [-0.3, -0.25) is 0 Å². The predicted molar refractivity (Wildman–Crippen MR) is 86.6 cm³/mol. The lowest BCUT2D eigenvalue weighted by molar-refractivity contribution is 0.478. The van der Waals surface area contributed by atoms with Gasteiger partial charge in [0.2, 0.25) is 0 Å². The molecule has 0 unspecified atom stereocenters. The van der Waals surface area contributed by atoms with Gasteiger partial charge in [-0.15, -0.1) is 0 Å². The number of aromatic hydroxyl groups is 1. The summed E-state index contributed by atoms with van der Waals surface area (Å²) in [5.74, 6) is 0.865. The van der Waals surface area contributed by atoms with Gasteiger partial charge in [0.05, 0.1) is 21.7 Å². The Kier molecular flexibility index (Phi) is 3.26. The molecule has 1 aromatic heterocycles. The first-order valence-electron chi connectivity index (χ1n) is 6.74. The first-order valence-corrected chi connectivity index (χ1v) is 7.12. The second-order valence-corrected chi connectivity index (χ2v) is 5.69. The second-order valence-electron chi connectivity index (χ2n) is 5.28. The summed E-state index contributed by atoms with van der Waals surface area (Å²) in [4.78, 5) is 4.68. The number of imidazole rings is 1. The van der Waals surface area contributed by atoms with Crippen molar-refractivity contribution in [3.8, 4) is 17.1 Å². The quantitative estimate of drug-likeness (QED) is 0.550.